The molecular weight excluding hydrogens is 546 g/mol. The molecule has 9 heteroatoms. The Hall–Kier alpha value is -3.75. The number of ether oxygens (including phenoxy) is 3. The second kappa shape index (κ2) is 14.6. The maximum atomic E-state index is 13.8. The molecule has 0 aromatic heterocycles. The fraction of sp³-hybridized carbons (Fsp3) is 0.559. The molecule has 2 aromatic rings. The SMILES string of the molecule is CCC(C)C(Nc1ccc2c(cc1=O)C(NC(C)=O)CCc1cc(OC)c(OC)c(OC)c1-2)C(=O)NC1CCCCCC1. The summed E-state index contributed by atoms with van der Waals surface area (Å²) in [6, 6.07) is 6.32. The van der Waals surface area contributed by atoms with Crippen molar-refractivity contribution in [3.63, 3.8) is 0 Å². The van der Waals surface area contributed by atoms with Gasteiger partial charge in [0.05, 0.1) is 33.1 Å². The molecule has 0 radical (unpaired) electrons. The van der Waals surface area contributed by atoms with Crippen molar-refractivity contribution >= 4 is 17.5 Å². The van der Waals surface area contributed by atoms with Gasteiger partial charge in [-0.25, -0.2) is 0 Å². The predicted octanol–water partition coefficient (Wildman–Crippen LogP) is 5.53. The Labute approximate surface area is 255 Å². The summed E-state index contributed by atoms with van der Waals surface area (Å²) in [6.07, 6.45) is 8.58. The molecule has 0 bridgehead atoms. The van der Waals surface area contributed by atoms with Crippen LogP contribution in [0.2, 0.25) is 0 Å². The lowest BCUT2D eigenvalue weighted by molar-refractivity contribution is -0.123. The van der Waals surface area contributed by atoms with E-state index in [9.17, 15) is 14.4 Å². The van der Waals surface area contributed by atoms with Crippen LogP contribution in [0.1, 0.15) is 89.3 Å². The van der Waals surface area contributed by atoms with Gasteiger partial charge in [-0.1, -0.05) is 52.0 Å². The van der Waals surface area contributed by atoms with Crippen LogP contribution in [0.5, 0.6) is 17.2 Å². The van der Waals surface area contributed by atoms with Crippen LogP contribution in [0.25, 0.3) is 11.1 Å². The first kappa shape index (κ1) is 32.2. The topological polar surface area (TPSA) is 115 Å². The van der Waals surface area contributed by atoms with Crippen LogP contribution in [0, 0.1) is 5.92 Å². The van der Waals surface area contributed by atoms with Gasteiger partial charge in [0.1, 0.15) is 6.04 Å². The van der Waals surface area contributed by atoms with Gasteiger partial charge in [0.25, 0.3) is 0 Å². The third kappa shape index (κ3) is 7.25. The van der Waals surface area contributed by atoms with Crippen molar-refractivity contribution in [3.05, 3.63) is 45.6 Å². The molecule has 3 N–H and O–H groups in total. The average Bonchev–Trinajstić information content (AvgIpc) is 3.40. The number of carbonyl (C=O) groups excluding carboxylic acids is 2. The number of fused-ring (bicyclic) bond motifs is 3. The lowest BCUT2D eigenvalue weighted by atomic mass is 9.95. The van der Waals surface area contributed by atoms with E-state index < -0.39 is 12.1 Å². The number of aryl methyl sites for hydroxylation is 1. The van der Waals surface area contributed by atoms with E-state index in [1.165, 1.54) is 19.8 Å². The van der Waals surface area contributed by atoms with E-state index in [2.05, 4.69) is 16.0 Å². The molecule has 1 saturated carbocycles. The molecule has 0 saturated heterocycles. The van der Waals surface area contributed by atoms with Crippen LogP contribution in [0.3, 0.4) is 0 Å². The van der Waals surface area contributed by atoms with Crippen LogP contribution < -0.4 is 35.6 Å². The van der Waals surface area contributed by atoms with Gasteiger partial charge >= 0.3 is 0 Å². The number of hydrogen-bond donors (Lipinski definition) is 3. The van der Waals surface area contributed by atoms with Crippen molar-refractivity contribution in [1.29, 1.82) is 0 Å². The molecule has 1 fully saturated rings. The highest BCUT2D eigenvalue weighted by Crippen LogP contribution is 2.50. The van der Waals surface area contributed by atoms with Gasteiger partial charge in [-0.3, -0.25) is 14.4 Å². The van der Waals surface area contributed by atoms with Crippen molar-refractivity contribution in [1.82, 2.24) is 10.6 Å². The smallest absolute Gasteiger partial charge is 0.242 e. The first-order chi connectivity index (χ1) is 20.7. The highest BCUT2D eigenvalue weighted by molar-refractivity contribution is 5.86. The van der Waals surface area contributed by atoms with Gasteiger partial charge < -0.3 is 30.2 Å². The minimum atomic E-state index is -0.569. The van der Waals surface area contributed by atoms with E-state index in [1.807, 2.05) is 26.0 Å². The zero-order chi connectivity index (χ0) is 31.1. The summed E-state index contributed by atoms with van der Waals surface area (Å²) < 4.78 is 17.2. The Bertz CT molecular complexity index is 1370. The number of carbonyl (C=O) groups is 2. The third-order valence-electron chi connectivity index (χ3n) is 8.92. The Morgan fingerprint density at radius 2 is 1.63 bits per heavy atom. The molecule has 2 aliphatic rings. The first-order valence-corrected chi connectivity index (χ1v) is 15.6. The fourth-order valence-electron chi connectivity index (χ4n) is 6.41. The molecule has 0 aliphatic heterocycles. The van der Waals surface area contributed by atoms with Gasteiger partial charge in [-0.15, -0.1) is 0 Å². The number of nitrogens with one attached hydrogen (secondary N) is 3. The largest absolute Gasteiger partial charge is 0.493 e. The molecular formula is C34H47N3O6. The Morgan fingerprint density at radius 1 is 0.930 bits per heavy atom. The maximum absolute atomic E-state index is 13.8. The fourth-order valence-corrected chi connectivity index (χ4v) is 6.41. The summed E-state index contributed by atoms with van der Waals surface area (Å²) in [6.45, 7) is 5.55. The minimum Gasteiger partial charge on any atom is -0.493 e. The van der Waals surface area contributed by atoms with E-state index in [0.29, 0.717) is 41.3 Å². The van der Waals surface area contributed by atoms with Crippen molar-refractivity contribution in [2.24, 2.45) is 5.92 Å². The molecule has 2 aliphatic carbocycles. The van der Waals surface area contributed by atoms with E-state index in [1.54, 1.807) is 33.5 Å². The minimum absolute atomic E-state index is 0.00168. The monoisotopic (exact) mass is 593 g/mol. The number of methoxy groups -OCH3 is 3. The van der Waals surface area contributed by atoms with Gasteiger partial charge in [-0.05, 0) is 66.5 Å². The number of hydrogen-bond acceptors (Lipinski definition) is 7. The van der Waals surface area contributed by atoms with E-state index in [-0.39, 0.29) is 29.2 Å². The summed E-state index contributed by atoms with van der Waals surface area (Å²) in [4.78, 5) is 39.7. The third-order valence-corrected chi connectivity index (χ3v) is 8.92. The number of benzene rings is 1. The molecule has 0 heterocycles. The molecule has 2 aromatic carbocycles. The molecule has 234 valence electrons. The Kier molecular flexibility index (Phi) is 10.9. The quantitative estimate of drug-likeness (QED) is 0.311. The van der Waals surface area contributed by atoms with Crippen LogP contribution in [0.4, 0.5) is 5.69 Å². The summed E-state index contributed by atoms with van der Waals surface area (Å²) in [5.41, 5.74) is 3.25. The number of amides is 2. The number of anilines is 1. The van der Waals surface area contributed by atoms with Crippen LogP contribution in [-0.2, 0) is 16.0 Å². The first-order valence-electron chi connectivity index (χ1n) is 15.6. The van der Waals surface area contributed by atoms with Crippen molar-refractivity contribution < 1.29 is 23.8 Å². The molecule has 4 rings (SSSR count). The van der Waals surface area contributed by atoms with Gasteiger partial charge in [0.2, 0.25) is 23.0 Å². The van der Waals surface area contributed by atoms with E-state index in [0.717, 1.165) is 48.8 Å². The maximum Gasteiger partial charge on any atom is 0.242 e. The number of rotatable bonds is 10. The zero-order valence-corrected chi connectivity index (χ0v) is 26.4. The average molecular weight is 594 g/mol. The zero-order valence-electron chi connectivity index (χ0n) is 26.4. The normalized spacial score (nSPS) is 18.0. The van der Waals surface area contributed by atoms with Crippen LogP contribution in [-0.4, -0.2) is 45.2 Å². The van der Waals surface area contributed by atoms with Crippen molar-refractivity contribution in [2.75, 3.05) is 26.6 Å². The van der Waals surface area contributed by atoms with E-state index >= 15 is 0 Å². The molecule has 3 unspecified atom stereocenters. The van der Waals surface area contributed by atoms with Crippen molar-refractivity contribution in [3.8, 4) is 28.4 Å². The molecule has 9 nitrogen and oxygen atoms in total. The van der Waals surface area contributed by atoms with Gasteiger partial charge in [0.15, 0.2) is 11.5 Å². The summed E-state index contributed by atoms with van der Waals surface area (Å²) in [5, 5.41) is 9.63. The standard InChI is InChI=1S/C34H47N3O6/c1-7-20(2)31(34(40)36-23-12-10-8-9-11-13-23)37-27-17-15-24-25(19-28(27)39)26(35-21(3)38)16-14-22-18-29(41-4)32(42-5)33(43-6)30(22)24/h15,17-20,23,26,31H,7-14,16H2,1-6H3,(H,35,38)(H,36,40)(H,37,39). The van der Waals surface area contributed by atoms with Gasteiger partial charge in [-0.2, -0.15) is 0 Å². The Balaban J connectivity index is 1.82. The van der Waals surface area contributed by atoms with Gasteiger partial charge in [0, 0.05) is 18.5 Å². The second-order valence-corrected chi connectivity index (χ2v) is 11.8. The summed E-state index contributed by atoms with van der Waals surface area (Å²) in [5.74, 6) is 1.23. The summed E-state index contributed by atoms with van der Waals surface area (Å²) >= 11 is 0. The molecule has 43 heavy (non-hydrogen) atoms. The van der Waals surface area contributed by atoms with Crippen LogP contribution in [0.15, 0.2) is 29.1 Å². The Morgan fingerprint density at radius 3 is 2.23 bits per heavy atom. The predicted molar refractivity (Wildman–Crippen MR) is 169 cm³/mol. The highest BCUT2D eigenvalue weighted by Gasteiger charge is 2.31. The molecule has 2 amide bonds. The highest BCUT2D eigenvalue weighted by atomic mass is 16.5. The molecule has 0 spiro atoms. The second-order valence-electron chi connectivity index (χ2n) is 11.8. The lowest BCUT2D eigenvalue weighted by Crippen LogP contribution is -2.47. The van der Waals surface area contributed by atoms with Crippen molar-refractivity contribution in [2.45, 2.75) is 96.7 Å². The molecule has 3 atom stereocenters. The van der Waals surface area contributed by atoms with Crippen LogP contribution >= 0.6 is 0 Å². The lowest BCUT2D eigenvalue weighted by Gasteiger charge is -2.26. The summed E-state index contributed by atoms with van der Waals surface area (Å²) in [7, 11) is 4.71. The van der Waals surface area contributed by atoms with E-state index in [4.69, 9.17) is 14.2 Å².